The Balaban J connectivity index is 2.50. The van der Waals surface area contributed by atoms with Crippen LogP contribution in [0.3, 0.4) is 0 Å². The van der Waals surface area contributed by atoms with Crippen LogP contribution in [0.1, 0.15) is 50.7 Å². The van der Waals surface area contributed by atoms with Crippen LogP contribution in [0, 0.1) is 11.7 Å². The van der Waals surface area contributed by atoms with Crippen molar-refractivity contribution in [3.63, 3.8) is 0 Å². The molecule has 20 heavy (non-hydrogen) atoms. The highest BCUT2D eigenvalue weighted by molar-refractivity contribution is 7.80. The zero-order chi connectivity index (χ0) is 15.0. The largest absolute Gasteiger partial charge is 0.389 e. The average molecular weight is 297 g/mol. The number of halogens is 1. The van der Waals surface area contributed by atoms with Gasteiger partial charge in [-0.2, -0.15) is 0 Å². The van der Waals surface area contributed by atoms with Gasteiger partial charge in [0, 0.05) is 12.2 Å². The van der Waals surface area contributed by atoms with Gasteiger partial charge in [0.1, 0.15) is 10.8 Å². The molecule has 1 rings (SSSR count). The molecule has 0 saturated heterocycles. The zero-order valence-electron chi connectivity index (χ0n) is 12.3. The Bertz CT molecular complexity index is 436. The van der Waals surface area contributed by atoms with Crippen LogP contribution in [0.25, 0.3) is 0 Å². The summed E-state index contributed by atoms with van der Waals surface area (Å²) in [4.78, 5) is 0.208. The highest BCUT2D eigenvalue weighted by atomic mass is 32.1. The fourth-order valence-electron chi connectivity index (χ4n) is 2.12. The van der Waals surface area contributed by atoms with E-state index in [4.69, 9.17) is 22.7 Å². The normalized spacial score (nSPS) is 12.3. The van der Waals surface area contributed by atoms with Gasteiger partial charge in [-0.05, 0) is 36.1 Å². The molecule has 1 atom stereocenters. The van der Waals surface area contributed by atoms with Crippen molar-refractivity contribution < 1.29 is 9.13 Å². The Morgan fingerprint density at radius 3 is 2.70 bits per heavy atom. The van der Waals surface area contributed by atoms with E-state index in [2.05, 4.69) is 13.8 Å². The van der Waals surface area contributed by atoms with Crippen molar-refractivity contribution >= 4 is 17.2 Å². The minimum Gasteiger partial charge on any atom is -0.389 e. The van der Waals surface area contributed by atoms with E-state index >= 15 is 0 Å². The third kappa shape index (κ3) is 5.97. The van der Waals surface area contributed by atoms with E-state index < -0.39 is 0 Å². The molecule has 0 bridgehead atoms. The molecule has 0 aliphatic carbocycles. The molecule has 0 saturated carbocycles. The van der Waals surface area contributed by atoms with E-state index in [-0.39, 0.29) is 10.8 Å². The van der Waals surface area contributed by atoms with Crippen LogP contribution in [0.15, 0.2) is 18.2 Å². The molecule has 0 aliphatic rings. The van der Waals surface area contributed by atoms with Gasteiger partial charge in [-0.25, -0.2) is 4.39 Å². The smallest absolute Gasteiger partial charge is 0.124 e. The lowest BCUT2D eigenvalue weighted by Crippen LogP contribution is -2.11. The van der Waals surface area contributed by atoms with Crippen molar-refractivity contribution in [3.05, 3.63) is 35.1 Å². The molecule has 0 spiro atoms. The number of ether oxygens (including phenoxy) is 1. The van der Waals surface area contributed by atoms with E-state index in [1.807, 2.05) is 0 Å². The maximum absolute atomic E-state index is 13.4. The average Bonchev–Trinajstić information content (AvgIpc) is 2.42. The van der Waals surface area contributed by atoms with Crippen molar-refractivity contribution in [1.82, 2.24) is 0 Å². The summed E-state index contributed by atoms with van der Waals surface area (Å²) in [6.45, 7) is 5.49. The summed E-state index contributed by atoms with van der Waals surface area (Å²) >= 11 is 4.87. The molecule has 0 heterocycles. The minimum atomic E-state index is -0.327. The molecular weight excluding hydrogens is 273 g/mol. The Kier molecular flexibility index (Phi) is 7.70. The second-order valence-electron chi connectivity index (χ2n) is 5.14. The van der Waals surface area contributed by atoms with Crippen LogP contribution in [-0.2, 0) is 11.3 Å². The maximum atomic E-state index is 13.4. The summed E-state index contributed by atoms with van der Waals surface area (Å²) < 4.78 is 19.1. The Morgan fingerprint density at radius 2 is 2.10 bits per heavy atom. The lowest BCUT2D eigenvalue weighted by molar-refractivity contribution is 0.0818. The summed E-state index contributed by atoms with van der Waals surface area (Å²) in [6.07, 6.45) is 4.74. The van der Waals surface area contributed by atoms with Gasteiger partial charge < -0.3 is 10.5 Å². The number of hydrogen-bond donors (Lipinski definition) is 1. The van der Waals surface area contributed by atoms with Gasteiger partial charge in [-0.15, -0.1) is 0 Å². The first-order valence-electron chi connectivity index (χ1n) is 7.23. The zero-order valence-corrected chi connectivity index (χ0v) is 13.1. The standard InChI is InChI=1S/C16H24FNOS/c1-3-5-6-12(4-2)10-19-11-13-7-14(16(18)20)9-15(17)8-13/h7-9,12H,3-6,10-11H2,1-2H3,(H2,18,20). The highest BCUT2D eigenvalue weighted by Gasteiger charge is 2.07. The van der Waals surface area contributed by atoms with Crippen molar-refractivity contribution in [2.75, 3.05) is 6.61 Å². The summed E-state index contributed by atoms with van der Waals surface area (Å²) in [5.74, 6) is 0.255. The molecule has 1 aromatic carbocycles. The summed E-state index contributed by atoms with van der Waals surface area (Å²) in [6, 6.07) is 4.61. The fourth-order valence-corrected chi connectivity index (χ4v) is 2.24. The van der Waals surface area contributed by atoms with E-state index in [9.17, 15) is 4.39 Å². The second kappa shape index (κ2) is 9.03. The molecule has 1 unspecified atom stereocenters. The van der Waals surface area contributed by atoms with Crippen molar-refractivity contribution in [2.24, 2.45) is 11.7 Å². The lowest BCUT2D eigenvalue weighted by Gasteiger charge is -2.15. The van der Waals surface area contributed by atoms with Gasteiger partial charge >= 0.3 is 0 Å². The molecule has 1 aromatic rings. The van der Waals surface area contributed by atoms with Crippen LogP contribution in [0.5, 0.6) is 0 Å². The van der Waals surface area contributed by atoms with E-state index in [0.717, 1.165) is 18.6 Å². The third-order valence-electron chi connectivity index (χ3n) is 3.41. The molecule has 0 radical (unpaired) electrons. The Hall–Kier alpha value is -1.00. The van der Waals surface area contributed by atoms with Gasteiger partial charge in [0.2, 0.25) is 0 Å². The summed E-state index contributed by atoms with van der Waals surface area (Å²) in [5, 5.41) is 0. The predicted octanol–water partition coefficient (Wildman–Crippen LogP) is 4.19. The number of unbranched alkanes of at least 4 members (excludes halogenated alkanes) is 1. The topological polar surface area (TPSA) is 35.2 Å². The highest BCUT2D eigenvalue weighted by Crippen LogP contribution is 2.15. The molecular formula is C16H24FNOS. The number of benzene rings is 1. The number of thiocarbonyl (C=S) groups is 1. The maximum Gasteiger partial charge on any atom is 0.124 e. The minimum absolute atomic E-state index is 0.208. The van der Waals surface area contributed by atoms with Gasteiger partial charge in [-0.3, -0.25) is 0 Å². The molecule has 0 fully saturated rings. The van der Waals surface area contributed by atoms with E-state index in [1.165, 1.54) is 31.4 Å². The van der Waals surface area contributed by atoms with Crippen LogP contribution >= 0.6 is 12.2 Å². The predicted molar refractivity (Wildman–Crippen MR) is 85.2 cm³/mol. The van der Waals surface area contributed by atoms with Crippen LogP contribution in [0.4, 0.5) is 4.39 Å². The number of rotatable bonds is 9. The molecule has 0 aliphatic heterocycles. The first-order valence-corrected chi connectivity index (χ1v) is 7.64. The van der Waals surface area contributed by atoms with E-state index in [0.29, 0.717) is 18.1 Å². The fraction of sp³-hybridized carbons (Fsp3) is 0.562. The molecule has 112 valence electrons. The van der Waals surface area contributed by atoms with Crippen molar-refractivity contribution in [3.8, 4) is 0 Å². The molecule has 2 N–H and O–H groups in total. The summed E-state index contributed by atoms with van der Waals surface area (Å²) in [7, 11) is 0. The lowest BCUT2D eigenvalue weighted by atomic mass is 10.0. The van der Waals surface area contributed by atoms with Gasteiger partial charge in [0.25, 0.3) is 0 Å². The molecule has 0 aromatic heterocycles. The van der Waals surface area contributed by atoms with E-state index in [1.54, 1.807) is 6.07 Å². The Morgan fingerprint density at radius 1 is 1.35 bits per heavy atom. The van der Waals surface area contributed by atoms with Crippen LogP contribution in [-0.4, -0.2) is 11.6 Å². The Labute approximate surface area is 126 Å². The first kappa shape index (κ1) is 17.1. The quantitative estimate of drug-likeness (QED) is 0.694. The second-order valence-corrected chi connectivity index (χ2v) is 5.58. The molecule has 2 nitrogen and oxygen atoms in total. The van der Waals surface area contributed by atoms with Crippen LogP contribution in [0.2, 0.25) is 0 Å². The van der Waals surface area contributed by atoms with Crippen molar-refractivity contribution in [2.45, 2.75) is 46.1 Å². The van der Waals surface area contributed by atoms with Gasteiger partial charge in [0.15, 0.2) is 0 Å². The van der Waals surface area contributed by atoms with Gasteiger partial charge in [0.05, 0.1) is 6.61 Å². The molecule has 4 heteroatoms. The SMILES string of the molecule is CCCCC(CC)COCc1cc(F)cc(C(N)=S)c1. The third-order valence-corrected chi connectivity index (χ3v) is 3.64. The molecule has 0 amide bonds. The van der Waals surface area contributed by atoms with Crippen molar-refractivity contribution in [1.29, 1.82) is 0 Å². The number of nitrogens with two attached hydrogens (primary N) is 1. The summed E-state index contributed by atoms with van der Waals surface area (Å²) in [5.41, 5.74) is 6.86. The first-order chi connectivity index (χ1) is 9.56. The monoisotopic (exact) mass is 297 g/mol. The van der Waals surface area contributed by atoms with Crippen LogP contribution < -0.4 is 5.73 Å². The van der Waals surface area contributed by atoms with Gasteiger partial charge in [-0.1, -0.05) is 45.3 Å². The number of hydrogen-bond acceptors (Lipinski definition) is 2.